The molecule has 1 aromatic carbocycles. The van der Waals surface area contributed by atoms with Crippen molar-refractivity contribution in [3.63, 3.8) is 0 Å². The SMILES string of the molecule is COCCNCC(=O)c1cccc2cnccc12. The number of carbonyl (C=O) groups excluding carboxylic acids is 1. The van der Waals surface area contributed by atoms with Gasteiger partial charge < -0.3 is 10.1 Å². The molecule has 0 unspecified atom stereocenters. The highest BCUT2D eigenvalue weighted by Crippen LogP contribution is 2.17. The van der Waals surface area contributed by atoms with Crippen LogP contribution in [0, 0.1) is 0 Å². The Balaban J connectivity index is 2.13. The normalized spacial score (nSPS) is 10.7. The fourth-order valence-electron chi connectivity index (χ4n) is 1.84. The molecule has 0 radical (unpaired) electrons. The lowest BCUT2D eigenvalue weighted by molar-refractivity contribution is 0.0989. The Kier molecular flexibility index (Phi) is 4.39. The van der Waals surface area contributed by atoms with Gasteiger partial charge in [-0.25, -0.2) is 0 Å². The average molecular weight is 244 g/mol. The molecule has 0 atom stereocenters. The van der Waals surface area contributed by atoms with Gasteiger partial charge in [-0.2, -0.15) is 0 Å². The first-order chi connectivity index (χ1) is 8.83. The first kappa shape index (κ1) is 12.7. The number of methoxy groups -OCH3 is 1. The largest absolute Gasteiger partial charge is 0.383 e. The molecule has 0 spiro atoms. The number of ketones is 1. The lowest BCUT2D eigenvalue weighted by Gasteiger charge is -2.06. The van der Waals surface area contributed by atoms with Crippen LogP contribution in [0.3, 0.4) is 0 Å². The molecule has 2 rings (SSSR count). The van der Waals surface area contributed by atoms with Crippen LogP contribution in [-0.2, 0) is 4.74 Å². The molecule has 1 aromatic heterocycles. The molecule has 4 nitrogen and oxygen atoms in total. The highest BCUT2D eigenvalue weighted by atomic mass is 16.5. The predicted octanol–water partition coefficient (Wildman–Crippen LogP) is 1.65. The molecular formula is C14H16N2O2. The van der Waals surface area contributed by atoms with Crippen molar-refractivity contribution in [3.8, 4) is 0 Å². The lowest BCUT2D eigenvalue weighted by Crippen LogP contribution is -2.26. The number of rotatable bonds is 6. The molecule has 1 N–H and O–H groups in total. The van der Waals surface area contributed by atoms with Gasteiger partial charge in [0.2, 0.25) is 0 Å². The van der Waals surface area contributed by atoms with Crippen molar-refractivity contribution in [2.24, 2.45) is 0 Å². The van der Waals surface area contributed by atoms with Gasteiger partial charge >= 0.3 is 0 Å². The quantitative estimate of drug-likeness (QED) is 0.620. The summed E-state index contributed by atoms with van der Waals surface area (Å²) in [4.78, 5) is 16.2. The summed E-state index contributed by atoms with van der Waals surface area (Å²) in [6, 6.07) is 7.56. The Hall–Kier alpha value is -1.78. The molecule has 94 valence electrons. The standard InChI is InChI=1S/C14H16N2O2/c1-18-8-7-16-10-14(17)13-4-2-3-11-9-15-6-5-12(11)13/h2-6,9,16H,7-8,10H2,1H3. The number of nitrogens with zero attached hydrogens (tertiary/aromatic N) is 1. The number of pyridine rings is 1. The maximum atomic E-state index is 12.1. The summed E-state index contributed by atoms with van der Waals surface area (Å²) in [6.45, 7) is 1.60. The van der Waals surface area contributed by atoms with Crippen LogP contribution in [-0.4, -0.2) is 37.6 Å². The molecule has 0 aliphatic rings. The van der Waals surface area contributed by atoms with Crippen LogP contribution in [0.25, 0.3) is 10.8 Å². The minimum Gasteiger partial charge on any atom is -0.383 e. The van der Waals surface area contributed by atoms with E-state index in [9.17, 15) is 4.79 Å². The number of carbonyl (C=O) groups is 1. The summed E-state index contributed by atoms with van der Waals surface area (Å²) in [5.41, 5.74) is 0.736. The van der Waals surface area contributed by atoms with E-state index in [1.165, 1.54) is 0 Å². The topological polar surface area (TPSA) is 51.2 Å². The highest BCUT2D eigenvalue weighted by Gasteiger charge is 2.08. The minimum atomic E-state index is 0.0860. The van der Waals surface area contributed by atoms with Gasteiger partial charge in [-0.05, 0) is 11.5 Å². The third kappa shape index (κ3) is 2.91. The summed E-state index contributed by atoms with van der Waals surface area (Å²) in [5, 5.41) is 5.00. The van der Waals surface area contributed by atoms with Gasteiger partial charge in [-0.1, -0.05) is 18.2 Å². The third-order valence-corrected chi connectivity index (χ3v) is 2.75. The maximum absolute atomic E-state index is 12.1. The van der Waals surface area contributed by atoms with Crippen molar-refractivity contribution in [1.82, 2.24) is 10.3 Å². The van der Waals surface area contributed by atoms with Crippen LogP contribution >= 0.6 is 0 Å². The molecular weight excluding hydrogens is 228 g/mol. The second-order valence-corrected chi connectivity index (χ2v) is 4.00. The van der Waals surface area contributed by atoms with Crippen molar-refractivity contribution >= 4 is 16.6 Å². The zero-order chi connectivity index (χ0) is 12.8. The second-order valence-electron chi connectivity index (χ2n) is 4.00. The van der Waals surface area contributed by atoms with Gasteiger partial charge in [-0.15, -0.1) is 0 Å². The Bertz CT molecular complexity index is 535. The van der Waals surface area contributed by atoms with Crippen molar-refractivity contribution in [2.45, 2.75) is 0 Å². The molecule has 0 aliphatic heterocycles. The third-order valence-electron chi connectivity index (χ3n) is 2.75. The van der Waals surface area contributed by atoms with Crippen LogP contribution in [0.15, 0.2) is 36.7 Å². The molecule has 0 saturated heterocycles. The Morgan fingerprint density at radius 2 is 2.28 bits per heavy atom. The minimum absolute atomic E-state index is 0.0860. The summed E-state index contributed by atoms with van der Waals surface area (Å²) >= 11 is 0. The van der Waals surface area contributed by atoms with Gasteiger partial charge in [0.1, 0.15) is 0 Å². The highest BCUT2D eigenvalue weighted by molar-refractivity contribution is 6.08. The summed E-state index contributed by atoms with van der Waals surface area (Å²) in [5.74, 6) is 0.0860. The number of benzene rings is 1. The molecule has 0 fully saturated rings. The van der Waals surface area contributed by atoms with Gasteiger partial charge in [-0.3, -0.25) is 9.78 Å². The zero-order valence-corrected chi connectivity index (χ0v) is 10.3. The fourth-order valence-corrected chi connectivity index (χ4v) is 1.84. The first-order valence-electron chi connectivity index (χ1n) is 5.88. The van der Waals surface area contributed by atoms with E-state index in [2.05, 4.69) is 10.3 Å². The lowest BCUT2D eigenvalue weighted by atomic mass is 10.0. The molecule has 0 saturated carbocycles. The molecule has 0 bridgehead atoms. The summed E-state index contributed by atoms with van der Waals surface area (Å²) in [7, 11) is 1.64. The van der Waals surface area contributed by atoms with Crippen molar-refractivity contribution in [2.75, 3.05) is 26.8 Å². The first-order valence-corrected chi connectivity index (χ1v) is 5.88. The van der Waals surface area contributed by atoms with Crippen LogP contribution in [0.5, 0.6) is 0 Å². The van der Waals surface area contributed by atoms with E-state index in [1.54, 1.807) is 19.5 Å². The number of nitrogens with one attached hydrogen (secondary N) is 1. The molecule has 0 amide bonds. The molecule has 4 heteroatoms. The van der Waals surface area contributed by atoms with Crippen molar-refractivity contribution < 1.29 is 9.53 Å². The van der Waals surface area contributed by atoms with Crippen LogP contribution < -0.4 is 5.32 Å². The molecule has 0 aliphatic carbocycles. The van der Waals surface area contributed by atoms with Crippen LogP contribution in [0.1, 0.15) is 10.4 Å². The molecule has 18 heavy (non-hydrogen) atoms. The maximum Gasteiger partial charge on any atom is 0.177 e. The van der Waals surface area contributed by atoms with Crippen molar-refractivity contribution in [3.05, 3.63) is 42.2 Å². The van der Waals surface area contributed by atoms with E-state index >= 15 is 0 Å². The Morgan fingerprint density at radius 1 is 1.39 bits per heavy atom. The Labute approximate surface area is 106 Å². The van der Waals surface area contributed by atoms with Crippen LogP contribution in [0.4, 0.5) is 0 Å². The van der Waals surface area contributed by atoms with E-state index in [0.717, 1.165) is 16.3 Å². The molecule has 2 aromatic rings. The fraction of sp³-hybridized carbons (Fsp3) is 0.286. The summed E-state index contributed by atoms with van der Waals surface area (Å²) < 4.78 is 4.92. The van der Waals surface area contributed by atoms with E-state index in [0.29, 0.717) is 19.7 Å². The molecule has 1 heterocycles. The van der Waals surface area contributed by atoms with E-state index in [4.69, 9.17) is 4.74 Å². The van der Waals surface area contributed by atoms with Gasteiger partial charge in [0.15, 0.2) is 5.78 Å². The number of ether oxygens (including phenoxy) is 1. The average Bonchev–Trinajstić information content (AvgIpc) is 2.43. The second kappa shape index (κ2) is 6.23. The van der Waals surface area contributed by atoms with Gasteiger partial charge in [0, 0.05) is 37.0 Å². The number of aromatic nitrogens is 1. The predicted molar refractivity (Wildman–Crippen MR) is 70.8 cm³/mol. The van der Waals surface area contributed by atoms with Crippen LogP contribution in [0.2, 0.25) is 0 Å². The number of hydrogen-bond donors (Lipinski definition) is 1. The van der Waals surface area contributed by atoms with Gasteiger partial charge in [0.25, 0.3) is 0 Å². The number of Topliss-reactive ketones (excluding diaryl/α,β-unsaturated/α-hetero) is 1. The number of fused-ring (bicyclic) bond motifs is 1. The smallest absolute Gasteiger partial charge is 0.177 e. The number of hydrogen-bond acceptors (Lipinski definition) is 4. The van der Waals surface area contributed by atoms with E-state index in [-0.39, 0.29) is 5.78 Å². The van der Waals surface area contributed by atoms with Gasteiger partial charge in [0.05, 0.1) is 13.2 Å². The monoisotopic (exact) mass is 244 g/mol. The van der Waals surface area contributed by atoms with Crippen molar-refractivity contribution in [1.29, 1.82) is 0 Å². The zero-order valence-electron chi connectivity index (χ0n) is 10.3. The van der Waals surface area contributed by atoms with E-state index < -0.39 is 0 Å². The van der Waals surface area contributed by atoms with E-state index in [1.807, 2.05) is 24.3 Å². The Morgan fingerprint density at radius 3 is 3.11 bits per heavy atom. The summed E-state index contributed by atoms with van der Waals surface area (Å²) in [6.07, 6.45) is 3.47.